The van der Waals surface area contributed by atoms with E-state index in [1.807, 2.05) is 0 Å². The van der Waals surface area contributed by atoms with Gasteiger partial charge in [0.2, 0.25) is 0 Å². The third-order valence-electron chi connectivity index (χ3n) is 3.76. The van der Waals surface area contributed by atoms with Crippen molar-refractivity contribution in [2.45, 2.75) is 70.6 Å². The Bertz CT molecular complexity index is 223. The monoisotopic (exact) mass is 246 g/mol. The van der Waals surface area contributed by atoms with Gasteiger partial charge in [-0.05, 0) is 37.4 Å². The Morgan fingerprint density at radius 3 is 2.44 bits per heavy atom. The molecule has 0 saturated carbocycles. The van der Waals surface area contributed by atoms with Crippen molar-refractivity contribution < 1.29 is 14.3 Å². The highest BCUT2D eigenvalue weighted by molar-refractivity contribution is 6.74. The average molecular weight is 246 g/mol. The van der Waals surface area contributed by atoms with E-state index in [0.29, 0.717) is 6.61 Å². The third-order valence-corrected chi connectivity index (χ3v) is 8.26. The lowest BCUT2D eigenvalue weighted by molar-refractivity contribution is -0.170. The van der Waals surface area contributed by atoms with Crippen LogP contribution in [0.3, 0.4) is 0 Å². The van der Waals surface area contributed by atoms with E-state index < -0.39 is 14.6 Å². The predicted molar refractivity (Wildman–Crippen MR) is 67.9 cm³/mol. The molecule has 0 aliphatic carbocycles. The number of hydrogen-bond donors (Lipinski definition) is 1. The van der Waals surface area contributed by atoms with Gasteiger partial charge >= 0.3 is 0 Å². The largest absolute Gasteiger partial charge is 0.414 e. The molecule has 0 spiro atoms. The molecule has 16 heavy (non-hydrogen) atoms. The van der Waals surface area contributed by atoms with Gasteiger partial charge in [-0.15, -0.1) is 0 Å². The van der Waals surface area contributed by atoms with Crippen molar-refractivity contribution in [3.05, 3.63) is 0 Å². The van der Waals surface area contributed by atoms with Crippen molar-refractivity contribution in [2.75, 3.05) is 6.61 Å². The fourth-order valence-corrected chi connectivity index (χ4v) is 2.55. The van der Waals surface area contributed by atoms with E-state index in [0.717, 1.165) is 19.3 Å². The first-order chi connectivity index (χ1) is 7.22. The summed E-state index contributed by atoms with van der Waals surface area (Å²) in [6, 6.07) is 0. The van der Waals surface area contributed by atoms with E-state index in [-0.39, 0.29) is 11.1 Å². The van der Waals surface area contributed by atoms with Gasteiger partial charge in [0.05, 0.1) is 12.7 Å². The first kappa shape index (κ1) is 14.2. The van der Waals surface area contributed by atoms with Crippen LogP contribution in [0.15, 0.2) is 0 Å². The number of rotatable bonds is 3. The Morgan fingerprint density at radius 2 is 1.94 bits per heavy atom. The van der Waals surface area contributed by atoms with E-state index in [1.165, 1.54) is 0 Å². The van der Waals surface area contributed by atoms with Gasteiger partial charge in [-0.25, -0.2) is 0 Å². The molecule has 2 unspecified atom stereocenters. The summed E-state index contributed by atoms with van der Waals surface area (Å²) < 4.78 is 11.5. The second-order valence-electron chi connectivity index (χ2n) is 6.21. The molecule has 1 saturated heterocycles. The van der Waals surface area contributed by atoms with Crippen LogP contribution in [0.5, 0.6) is 0 Å². The van der Waals surface area contributed by atoms with Crippen LogP contribution in [0.4, 0.5) is 0 Å². The van der Waals surface area contributed by atoms with E-state index >= 15 is 0 Å². The van der Waals surface area contributed by atoms with Gasteiger partial charge in [-0.2, -0.15) is 0 Å². The lowest BCUT2D eigenvalue weighted by Crippen LogP contribution is -2.44. The van der Waals surface area contributed by atoms with Crippen molar-refractivity contribution in [3.63, 3.8) is 0 Å². The highest BCUT2D eigenvalue weighted by Gasteiger charge is 2.38. The first-order valence-corrected chi connectivity index (χ1v) is 9.11. The molecular formula is C12H26O3Si. The zero-order chi connectivity index (χ0) is 12.4. The van der Waals surface area contributed by atoms with Gasteiger partial charge in [0.25, 0.3) is 0 Å². The molecule has 2 atom stereocenters. The normalized spacial score (nSPS) is 28.1. The maximum atomic E-state index is 9.40. The van der Waals surface area contributed by atoms with Crippen LogP contribution in [0, 0.1) is 0 Å². The number of hydrogen-bond acceptors (Lipinski definition) is 3. The summed E-state index contributed by atoms with van der Waals surface area (Å²) in [5, 5.41) is 9.64. The molecule has 4 heteroatoms. The van der Waals surface area contributed by atoms with Crippen LogP contribution < -0.4 is 0 Å². The Balaban J connectivity index is 2.39. The Hall–Kier alpha value is 0.0969. The molecule has 0 amide bonds. The summed E-state index contributed by atoms with van der Waals surface area (Å²) in [5.41, 5.74) is 0. The van der Waals surface area contributed by atoms with Crippen molar-refractivity contribution in [3.8, 4) is 0 Å². The maximum absolute atomic E-state index is 9.40. The molecule has 1 fully saturated rings. The van der Waals surface area contributed by atoms with Gasteiger partial charge in [-0.3, -0.25) is 0 Å². The van der Waals surface area contributed by atoms with E-state index in [2.05, 4.69) is 33.9 Å². The van der Waals surface area contributed by atoms with Gasteiger partial charge < -0.3 is 14.3 Å². The standard InChI is InChI=1S/C12H26O3Si/c1-12(2,3)16(4,5)14-9-10-7-6-8-11(13)15-10/h10-11,13H,6-9H2,1-5H3. The topological polar surface area (TPSA) is 38.7 Å². The summed E-state index contributed by atoms with van der Waals surface area (Å²) in [6.45, 7) is 11.8. The van der Waals surface area contributed by atoms with Crippen molar-refractivity contribution in [2.24, 2.45) is 0 Å². The second-order valence-corrected chi connectivity index (χ2v) is 11.0. The zero-order valence-corrected chi connectivity index (χ0v) is 12.2. The minimum absolute atomic E-state index is 0.0814. The summed E-state index contributed by atoms with van der Waals surface area (Å²) in [7, 11) is -1.67. The van der Waals surface area contributed by atoms with E-state index in [1.54, 1.807) is 0 Å². The van der Waals surface area contributed by atoms with Gasteiger partial charge in [0.15, 0.2) is 14.6 Å². The Labute approximate surface area is 100 Å². The van der Waals surface area contributed by atoms with Crippen LogP contribution in [0.25, 0.3) is 0 Å². The van der Waals surface area contributed by atoms with Crippen LogP contribution in [-0.2, 0) is 9.16 Å². The van der Waals surface area contributed by atoms with Crippen molar-refractivity contribution >= 4 is 8.32 Å². The summed E-state index contributed by atoms with van der Waals surface area (Å²) in [5.74, 6) is 0. The predicted octanol–water partition coefficient (Wildman–Crippen LogP) is 2.90. The van der Waals surface area contributed by atoms with E-state index in [4.69, 9.17) is 9.16 Å². The lowest BCUT2D eigenvalue weighted by Gasteiger charge is -2.38. The molecule has 1 heterocycles. The van der Waals surface area contributed by atoms with Crippen LogP contribution >= 0.6 is 0 Å². The minimum Gasteiger partial charge on any atom is -0.414 e. The smallest absolute Gasteiger partial charge is 0.192 e. The number of ether oxygens (including phenoxy) is 1. The number of aliphatic hydroxyl groups is 1. The molecule has 96 valence electrons. The highest BCUT2D eigenvalue weighted by atomic mass is 28.4. The summed E-state index contributed by atoms with van der Waals surface area (Å²) in [6.07, 6.45) is 2.30. The molecule has 0 aromatic rings. The average Bonchev–Trinajstić information content (AvgIpc) is 2.13. The molecule has 0 aromatic heterocycles. The molecule has 1 N–H and O–H groups in total. The number of aliphatic hydroxyl groups excluding tert-OH is 1. The molecule has 1 aliphatic rings. The SMILES string of the molecule is CC(C)(C)[Si](C)(C)OCC1CCCC(O)O1. The zero-order valence-electron chi connectivity index (χ0n) is 11.2. The van der Waals surface area contributed by atoms with Crippen molar-refractivity contribution in [1.29, 1.82) is 0 Å². The van der Waals surface area contributed by atoms with Crippen molar-refractivity contribution in [1.82, 2.24) is 0 Å². The molecule has 0 bridgehead atoms. The van der Waals surface area contributed by atoms with Crippen LogP contribution in [0.1, 0.15) is 40.0 Å². The lowest BCUT2D eigenvalue weighted by atomic mass is 10.1. The fourth-order valence-electron chi connectivity index (χ4n) is 1.52. The maximum Gasteiger partial charge on any atom is 0.192 e. The third kappa shape index (κ3) is 3.84. The van der Waals surface area contributed by atoms with Crippen LogP contribution in [-0.4, -0.2) is 32.4 Å². The van der Waals surface area contributed by atoms with Crippen LogP contribution in [0.2, 0.25) is 18.1 Å². The Kier molecular flexibility index (Phi) is 4.57. The summed E-state index contributed by atoms with van der Waals surface area (Å²) >= 11 is 0. The molecule has 0 aromatic carbocycles. The minimum atomic E-state index is -1.67. The molecular weight excluding hydrogens is 220 g/mol. The van der Waals surface area contributed by atoms with Gasteiger partial charge in [0.1, 0.15) is 0 Å². The summed E-state index contributed by atoms with van der Waals surface area (Å²) in [4.78, 5) is 0. The second kappa shape index (κ2) is 5.17. The molecule has 1 aliphatic heterocycles. The first-order valence-electron chi connectivity index (χ1n) is 6.20. The van der Waals surface area contributed by atoms with E-state index in [9.17, 15) is 5.11 Å². The Morgan fingerprint density at radius 1 is 1.31 bits per heavy atom. The quantitative estimate of drug-likeness (QED) is 0.778. The van der Waals surface area contributed by atoms with Gasteiger partial charge in [0, 0.05) is 0 Å². The molecule has 1 rings (SSSR count). The highest BCUT2D eigenvalue weighted by Crippen LogP contribution is 2.36. The van der Waals surface area contributed by atoms with Gasteiger partial charge in [-0.1, -0.05) is 20.8 Å². The fraction of sp³-hybridized carbons (Fsp3) is 1.00. The molecule has 3 nitrogen and oxygen atoms in total. The molecule has 0 radical (unpaired) electrons.